The molecule has 0 unspecified atom stereocenters. The van der Waals surface area contributed by atoms with Crippen molar-refractivity contribution < 1.29 is 9.50 Å². The first-order valence-corrected chi connectivity index (χ1v) is 11.1. The van der Waals surface area contributed by atoms with Crippen LogP contribution < -0.4 is 5.56 Å². The quantitative estimate of drug-likeness (QED) is 0.509. The minimum Gasteiger partial charge on any atom is -0.388 e. The molecule has 5 rings (SSSR count). The van der Waals surface area contributed by atoms with Gasteiger partial charge in [0.2, 0.25) is 0 Å². The summed E-state index contributed by atoms with van der Waals surface area (Å²) in [6.07, 6.45) is 4.10. The number of rotatable bonds is 5. The summed E-state index contributed by atoms with van der Waals surface area (Å²) in [6, 6.07) is 14.2. The molecule has 0 radical (unpaired) electrons. The van der Waals surface area contributed by atoms with Gasteiger partial charge in [-0.25, -0.2) is 14.1 Å². The lowest BCUT2D eigenvalue weighted by Gasteiger charge is -2.38. The Morgan fingerprint density at radius 3 is 2.55 bits per heavy atom. The highest BCUT2D eigenvalue weighted by molar-refractivity contribution is 5.74. The zero-order valence-electron chi connectivity index (χ0n) is 18.5. The van der Waals surface area contributed by atoms with E-state index in [0.29, 0.717) is 29.6 Å². The van der Waals surface area contributed by atoms with Crippen molar-refractivity contribution in [1.29, 1.82) is 0 Å². The van der Waals surface area contributed by atoms with E-state index in [4.69, 9.17) is 0 Å². The molecular formula is C25H26FN5O2. The second-order valence-corrected chi connectivity index (χ2v) is 8.87. The summed E-state index contributed by atoms with van der Waals surface area (Å²) < 4.78 is 16.2. The van der Waals surface area contributed by atoms with Gasteiger partial charge >= 0.3 is 0 Å². The average Bonchev–Trinajstić information content (AvgIpc) is 3.24. The Kier molecular flexibility index (Phi) is 5.55. The summed E-state index contributed by atoms with van der Waals surface area (Å²) in [4.78, 5) is 19.8. The molecule has 7 nitrogen and oxygen atoms in total. The number of benzene rings is 2. The van der Waals surface area contributed by atoms with Crippen LogP contribution in [0.5, 0.6) is 0 Å². The molecule has 1 saturated heterocycles. The zero-order chi connectivity index (χ0) is 23.0. The smallest absolute Gasteiger partial charge is 0.264 e. The molecule has 2 aromatic carbocycles. The summed E-state index contributed by atoms with van der Waals surface area (Å²) >= 11 is 0. The van der Waals surface area contributed by atoms with Gasteiger partial charge in [0.05, 0.1) is 24.0 Å². The zero-order valence-corrected chi connectivity index (χ0v) is 18.5. The van der Waals surface area contributed by atoms with Gasteiger partial charge < -0.3 is 5.11 Å². The Morgan fingerprint density at radius 2 is 1.82 bits per heavy atom. The molecule has 3 heterocycles. The van der Waals surface area contributed by atoms with Gasteiger partial charge in [-0.2, -0.15) is 5.10 Å². The third kappa shape index (κ3) is 4.31. The summed E-state index contributed by atoms with van der Waals surface area (Å²) in [5.41, 5.74) is 2.38. The first-order valence-electron chi connectivity index (χ1n) is 11.1. The van der Waals surface area contributed by atoms with Crippen LogP contribution in [-0.2, 0) is 13.1 Å². The molecule has 1 aliphatic heterocycles. The van der Waals surface area contributed by atoms with E-state index in [9.17, 15) is 14.3 Å². The fourth-order valence-corrected chi connectivity index (χ4v) is 4.46. The first-order chi connectivity index (χ1) is 15.9. The van der Waals surface area contributed by atoms with E-state index < -0.39 is 5.60 Å². The van der Waals surface area contributed by atoms with Crippen LogP contribution in [0.2, 0.25) is 0 Å². The lowest BCUT2D eigenvalue weighted by molar-refractivity contribution is -0.0365. The SMILES string of the molecule is Cc1ccccc1CN1CCC(O)(Cn2cnc3c(cnn3-c3ccc(F)cc3)c2=O)CC1. The highest BCUT2D eigenvalue weighted by atomic mass is 19.1. The van der Waals surface area contributed by atoms with Crippen LogP contribution in [0, 0.1) is 12.7 Å². The van der Waals surface area contributed by atoms with E-state index in [1.807, 2.05) is 6.07 Å². The van der Waals surface area contributed by atoms with E-state index in [-0.39, 0.29) is 17.9 Å². The van der Waals surface area contributed by atoms with Gasteiger partial charge in [-0.15, -0.1) is 0 Å². The molecule has 0 aliphatic carbocycles. The molecule has 33 heavy (non-hydrogen) atoms. The maximum Gasteiger partial charge on any atom is 0.264 e. The third-order valence-corrected chi connectivity index (χ3v) is 6.53. The van der Waals surface area contributed by atoms with Gasteiger partial charge in [-0.05, 0) is 55.2 Å². The van der Waals surface area contributed by atoms with Crippen LogP contribution in [0.25, 0.3) is 16.7 Å². The van der Waals surface area contributed by atoms with Crippen molar-refractivity contribution in [3.05, 3.63) is 88.4 Å². The van der Waals surface area contributed by atoms with E-state index in [2.05, 4.69) is 40.1 Å². The number of hydrogen-bond acceptors (Lipinski definition) is 5. The molecule has 1 fully saturated rings. The van der Waals surface area contributed by atoms with Gasteiger partial charge in [-0.3, -0.25) is 14.3 Å². The second kappa shape index (κ2) is 8.53. The van der Waals surface area contributed by atoms with Crippen LogP contribution in [0.4, 0.5) is 4.39 Å². The van der Waals surface area contributed by atoms with Crippen LogP contribution in [-0.4, -0.2) is 48.0 Å². The molecule has 0 atom stereocenters. The van der Waals surface area contributed by atoms with Gasteiger partial charge in [0.25, 0.3) is 5.56 Å². The normalized spacial score (nSPS) is 16.3. The van der Waals surface area contributed by atoms with E-state index in [0.717, 1.165) is 19.6 Å². The Balaban J connectivity index is 1.31. The molecule has 1 N–H and O–H groups in total. The number of fused-ring (bicyclic) bond motifs is 1. The number of aryl methyl sites for hydroxylation is 1. The third-order valence-electron chi connectivity index (χ3n) is 6.53. The molecule has 0 bridgehead atoms. The monoisotopic (exact) mass is 447 g/mol. The Bertz CT molecular complexity index is 1340. The van der Waals surface area contributed by atoms with Gasteiger partial charge in [0, 0.05) is 19.6 Å². The van der Waals surface area contributed by atoms with E-state index >= 15 is 0 Å². The number of aromatic nitrogens is 4. The molecule has 0 spiro atoms. The molecule has 2 aromatic heterocycles. The Labute approximate surface area is 190 Å². The lowest BCUT2D eigenvalue weighted by atomic mass is 9.91. The van der Waals surface area contributed by atoms with Crippen molar-refractivity contribution in [1.82, 2.24) is 24.2 Å². The van der Waals surface area contributed by atoms with Crippen molar-refractivity contribution in [2.45, 2.75) is 38.5 Å². The fraction of sp³-hybridized carbons (Fsp3) is 0.320. The average molecular weight is 448 g/mol. The van der Waals surface area contributed by atoms with Crippen LogP contribution in [0.1, 0.15) is 24.0 Å². The standard InChI is InChI=1S/C25H26FN5O2/c1-18-4-2-3-5-19(18)15-29-12-10-25(33,11-13-29)16-30-17-27-23-22(24(30)32)14-28-31(23)21-8-6-20(26)7-9-21/h2-9,14,17,33H,10-13,15-16H2,1H3. The van der Waals surface area contributed by atoms with Gasteiger partial charge in [0.15, 0.2) is 5.65 Å². The predicted octanol–water partition coefficient (Wildman–Crippen LogP) is 3.06. The van der Waals surface area contributed by atoms with Gasteiger partial charge in [-0.1, -0.05) is 24.3 Å². The highest BCUT2D eigenvalue weighted by Crippen LogP contribution is 2.25. The molecule has 170 valence electrons. The lowest BCUT2D eigenvalue weighted by Crippen LogP contribution is -2.47. The van der Waals surface area contributed by atoms with Crippen LogP contribution in [0.3, 0.4) is 0 Å². The van der Waals surface area contributed by atoms with Crippen molar-refractivity contribution in [2.75, 3.05) is 13.1 Å². The van der Waals surface area contributed by atoms with Gasteiger partial charge in [0.1, 0.15) is 17.5 Å². The van der Waals surface area contributed by atoms with Crippen molar-refractivity contribution >= 4 is 11.0 Å². The maximum atomic E-state index is 13.2. The molecule has 0 saturated carbocycles. The molecule has 0 amide bonds. The minimum atomic E-state index is -0.964. The second-order valence-electron chi connectivity index (χ2n) is 8.87. The number of hydrogen-bond donors (Lipinski definition) is 1. The Hall–Kier alpha value is -3.36. The Morgan fingerprint density at radius 1 is 1.09 bits per heavy atom. The highest BCUT2D eigenvalue weighted by Gasteiger charge is 2.33. The molecule has 1 aliphatic rings. The fourth-order valence-electron chi connectivity index (χ4n) is 4.46. The predicted molar refractivity (Wildman–Crippen MR) is 124 cm³/mol. The van der Waals surface area contributed by atoms with Crippen molar-refractivity contribution in [3.63, 3.8) is 0 Å². The number of aliphatic hydroxyl groups is 1. The van der Waals surface area contributed by atoms with E-state index in [1.165, 1.54) is 45.0 Å². The first kappa shape index (κ1) is 21.5. The number of piperidine rings is 1. The minimum absolute atomic E-state index is 0.189. The summed E-state index contributed by atoms with van der Waals surface area (Å²) in [5.74, 6) is -0.344. The topological polar surface area (TPSA) is 76.2 Å². The molecular weight excluding hydrogens is 421 g/mol. The van der Waals surface area contributed by atoms with Crippen molar-refractivity contribution in [2.24, 2.45) is 0 Å². The summed E-state index contributed by atoms with van der Waals surface area (Å²) in [5, 5.41) is 15.8. The largest absolute Gasteiger partial charge is 0.388 e. The maximum absolute atomic E-state index is 13.2. The number of halogens is 1. The van der Waals surface area contributed by atoms with Crippen LogP contribution >= 0.6 is 0 Å². The summed E-state index contributed by atoms with van der Waals surface area (Å²) in [7, 11) is 0. The number of nitrogens with zero attached hydrogens (tertiary/aromatic N) is 5. The van der Waals surface area contributed by atoms with Crippen molar-refractivity contribution in [3.8, 4) is 5.69 Å². The van der Waals surface area contributed by atoms with E-state index in [1.54, 1.807) is 12.1 Å². The molecule has 4 aromatic rings. The molecule has 8 heteroatoms. The van der Waals surface area contributed by atoms with Crippen LogP contribution in [0.15, 0.2) is 65.8 Å². The number of likely N-dealkylation sites (tertiary alicyclic amines) is 1. The summed E-state index contributed by atoms with van der Waals surface area (Å²) in [6.45, 7) is 4.69.